The Kier molecular flexibility index (Phi) is 9.12. The largest absolute Gasteiger partial charge is 0.507 e. The molecule has 248 valence electrons. The highest BCUT2D eigenvalue weighted by atomic mass is 16.5. The van der Waals surface area contributed by atoms with Crippen molar-refractivity contribution in [1.29, 1.82) is 0 Å². The van der Waals surface area contributed by atoms with Gasteiger partial charge in [-0.25, -0.2) is 4.98 Å². The quantitative estimate of drug-likeness (QED) is 0.246. The van der Waals surface area contributed by atoms with Crippen molar-refractivity contribution in [3.8, 4) is 5.75 Å². The Labute approximate surface area is 271 Å². The van der Waals surface area contributed by atoms with Gasteiger partial charge in [0.05, 0.1) is 18.9 Å². The molecule has 1 saturated heterocycles. The average Bonchev–Trinajstić information content (AvgIpc) is 3.74. The van der Waals surface area contributed by atoms with Crippen LogP contribution in [0.3, 0.4) is 0 Å². The molecule has 0 saturated carbocycles. The third-order valence-corrected chi connectivity index (χ3v) is 8.87. The van der Waals surface area contributed by atoms with E-state index in [1.54, 1.807) is 15.5 Å². The van der Waals surface area contributed by atoms with Crippen LogP contribution in [0.4, 0.5) is 5.69 Å². The van der Waals surface area contributed by atoms with E-state index in [4.69, 9.17) is 14.1 Å². The predicted molar refractivity (Wildman–Crippen MR) is 175 cm³/mol. The number of aromatic hydroxyl groups is 1. The van der Waals surface area contributed by atoms with E-state index in [0.29, 0.717) is 99.6 Å². The number of phenols is 1. The first-order valence-electron chi connectivity index (χ1n) is 16.0. The van der Waals surface area contributed by atoms with E-state index in [9.17, 15) is 19.5 Å². The van der Waals surface area contributed by atoms with E-state index in [1.807, 2.05) is 17.9 Å². The Bertz CT molecular complexity index is 1930. The van der Waals surface area contributed by atoms with Crippen molar-refractivity contribution in [3.05, 3.63) is 64.2 Å². The van der Waals surface area contributed by atoms with E-state index in [2.05, 4.69) is 35.8 Å². The number of aromatic nitrogens is 5. The molecule has 1 aromatic carbocycles. The number of fused-ring (bicyclic) bond motifs is 2. The van der Waals surface area contributed by atoms with Crippen molar-refractivity contribution in [1.82, 2.24) is 34.4 Å². The van der Waals surface area contributed by atoms with Gasteiger partial charge in [-0.05, 0) is 42.9 Å². The topological polar surface area (TPSA) is 160 Å². The van der Waals surface area contributed by atoms with Gasteiger partial charge in [0.1, 0.15) is 29.1 Å². The highest BCUT2D eigenvalue weighted by Gasteiger charge is 2.31. The maximum atomic E-state index is 14.2. The molecule has 2 amide bonds. The molecule has 14 nitrogen and oxygen atoms in total. The first kappa shape index (κ1) is 32.0. The number of oxazole rings is 1. The lowest BCUT2D eigenvalue weighted by atomic mass is 10.0. The van der Waals surface area contributed by atoms with Crippen molar-refractivity contribution in [2.24, 2.45) is 5.92 Å². The number of ether oxygens (including phenoxy) is 1. The number of benzene rings is 1. The molecule has 0 spiro atoms. The van der Waals surface area contributed by atoms with Gasteiger partial charge in [0.25, 0.3) is 11.5 Å². The number of rotatable bonds is 10. The second-order valence-electron chi connectivity index (χ2n) is 12.1. The number of hydrogen-bond donors (Lipinski definition) is 2. The monoisotopic (exact) mass is 644 g/mol. The number of nitrogens with one attached hydrogen (secondary N) is 1. The molecular weight excluding hydrogens is 604 g/mol. The normalized spacial score (nSPS) is 15.4. The number of hydrogen-bond acceptors (Lipinski definition) is 10. The van der Waals surface area contributed by atoms with Gasteiger partial charge in [0.2, 0.25) is 11.7 Å². The molecule has 2 aliphatic rings. The fraction of sp³-hybridized carbons (Fsp3) is 0.455. The number of carbonyl (C=O) groups excluding carboxylic acids is 2. The molecule has 14 heteroatoms. The lowest BCUT2D eigenvalue weighted by molar-refractivity contribution is -0.121. The van der Waals surface area contributed by atoms with Crippen LogP contribution in [0.2, 0.25) is 0 Å². The average molecular weight is 645 g/mol. The Morgan fingerprint density at radius 1 is 1.17 bits per heavy atom. The SMILES string of the molecule is C=C(CCNC(=O)Cn1c(CC)c(N2CCN(C(=O)c3c(O)ccc4ncoc34)CC2)c(=O)n2nc(C3=CCOCC3)nc12)C(C)C. The van der Waals surface area contributed by atoms with Crippen molar-refractivity contribution in [2.45, 2.75) is 46.6 Å². The van der Waals surface area contributed by atoms with E-state index >= 15 is 0 Å². The second kappa shape index (κ2) is 13.4. The summed E-state index contributed by atoms with van der Waals surface area (Å²) in [6.45, 7) is 12.8. The molecule has 4 aromatic rings. The number of anilines is 1. The molecule has 0 atom stereocenters. The number of amides is 2. The zero-order valence-corrected chi connectivity index (χ0v) is 27.0. The van der Waals surface area contributed by atoms with Gasteiger partial charge in [-0.3, -0.25) is 14.4 Å². The molecule has 6 rings (SSSR count). The summed E-state index contributed by atoms with van der Waals surface area (Å²) in [5.74, 6) is 0.283. The van der Waals surface area contributed by atoms with Crippen LogP contribution in [-0.4, -0.2) is 91.9 Å². The van der Waals surface area contributed by atoms with Crippen molar-refractivity contribution in [2.75, 3.05) is 50.8 Å². The summed E-state index contributed by atoms with van der Waals surface area (Å²) < 4.78 is 13.9. The Hall–Kier alpha value is -4.98. The summed E-state index contributed by atoms with van der Waals surface area (Å²) in [6.07, 6.45) is 4.90. The van der Waals surface area contributed by atoms with Gasteiger partial charge in [0, 0.05) is 32.7 Å². The zero-order chi connectivity index (χ0) is 33.2. The van der Waals surface area contributed by atoms with Crippen LogP contribution in [0.25, 0.3) is 22.5 Å². The van der Waals surface area contributed by atoms with Crippen LogP contribution < -0.4 is 15.8 Å². The molecule has 0 unspecified atom stereocenters. The molecule has 2 aliphatic heterocycles. The molecule has 2 N–H and O–H groups in total. The van der Waals surface area contributed by atoms with Gasteiger partial charge in [-0.1, -0.05) is 39.0 Å². The molecule has 0 aliphatic carbocycles. The summed E-state index contributed by atoms with van der Waals surface area (Å²) in [7, 11) is 0. The standard InChI is InChI=1S/C33H40N8O6/c1-5-24-28(38-12-14-39(15-13-38)31(44)27-25(42)7-6-23-29(27)47-19-35-23)32(45)41-33(36-30(37-41)22-9-16-46-17-10-22)40(24)18-26(43)34-11-8-21(4)20(2)3/h6-7,9,19-20,42H,4-5,8,10-18H2,1-3H3,(H,34,43). The van der Waals surface area contributed by atoms with Crippen molar-refractivity contribution in [3.63, 3.8) is 0 Å². The summed E-state index contributed by atoms with van der Waals surface area (Å²) in [5.41, 5.74) is 3.46. The molecule has 47 heavy (non-hydrogen) atoms. The van der Waals surface area contributed by atoms with Crippen molar-refractivity contribution >= 4 is 40.0 Å². The lowest BCUT2D eigenvalue weighted by Crippen LogP contribution is -2.51. The summed E-state index contributed by atoms with van der Waals surface area (Å²) >= 11 is 0. The number of piperazine rings is 1. The third-order valence-electron chi connectivity index (χ3n) is 8.87. The van der Waals surface area contributed by atoms with Gasteiger partial charge in [0.15, 0.2) is 17.8 Å². The first-order chi connectivity index (χ1) is 22.7. The van der Waals surface area contributed by atoms with Crippen LogP contribution >= 0.6 is 0 Å². The van der Waals surface area contributed by atoms with E-state index in [1.165, 1.54) is 17.0 Å². The molecule has 3 aromatic heterocycles. The zero-order valence-electron chi connectivity index (χ0n) is 27.0. The number of carbonyl (C=O) groups is 2. The predicted octanol–water partition coefficient (Wildman–Crippen LogP) is 2.78. The van der Waals surface area contributed by atoms with E-state index in [0.717, 1.165) is 11.1 Å². The fourth-order valence-electron chi connectivity index (χ4n) is 6.06. The van der Waals surface area contributed by atoms with E-state index < -0.39 is 0 Å². The molecule has 0 radical (unpaired) electrons. The summed E-state index contributed by atoms with van der Waals surface area (Å²) in [6, 6.07) is 3.02. The molecule has 5 heterocycles. The Morgan fingerprint density at radius 3 is 2.66 bits per heavy atom. The van der Waals surface area contributed by atoms with Crippen LogP contribution in [-0.2, 0) is 22.5 Å². The van der Waals surface area contributed by atoms with E-state index in [-0.39, 0.29) is 40.8 Å². The van der Waals surface area contributed by atoms with Gasteiger partial charge in [-0.15, -0.1) is 5.10 Å². The second-order valence-corrected chi connectivity index (χ2v) is 12.1. The maximum absolute atomic E-state index is 14.2. The molecule has 1 fully saturated rings. The minimum atomic E-state index is -0.379. The summed E-state index contributed by atoms with van der Waals surface area (Å²) in [5, 5.41) is 18.1. The smallest absolute Gasteiger partial charge is 0.299 e. The van der Waals surface area contributed by atoms with Gasteiger partial charge >= 0.3 is 0 Å². The minimum Gasteiger partial charge on any atom is -0.507 e. The number of nitrogens with zero attached hydrogens (tertiary/aromatic N) is 7. The van der Waals surface area contributed by atoms with Crippen LogP contribution in [0, 0.1) is 5.92 Å². The van der Waals surface area contributed by atoms with Crippen molar-refractivity contribution < 1.29 is 23.8 Å². The Balaban J connectivity index is 1.31. The maximum Gasteiger partial charge on any atom is 0.299 e. The Morgan fingerprint density at radius 2 is 1.96 bits per heavy atom. The van der Waals surface area contributed by atoms with Crippen LogP contribution in [0.15, 0.2) is 46.0 Å². The fourth-order valence-corrected chi connectivity index (χ4v) is 6.06. The molecule has 0 bridgehead atoms. The molecular formula is C33H40N8O6. The number of phenolic OH excluding ortho intramolecular Hbond substituents is 1. The lowest BCUT2D eigenvalue weighted by Gasteiger charge is -2.36. The first-order valence-corrected chi connectivity index (χ1v) is 16.0. The minimum absolute atomic E-state index is 0.0483. The summed E-state index contributed by atoms with van der Waals surface area (Å²) in [4.78, 5) is 53.4. The third kappa shape index (κ3) is 6.24. The van der Waals surface area contributed by atoms with Gasteiger partial charge in [-0.2, -0.15) is 9.50 Å². The van der Waals surface area contributed by atoms with Gasteiger partial charge < -0.3 is 33.9 Å². The van der Waals surface area contributed by atoms with Crippen LogP contribution in [0.1, 0.15) is 55.5 Å². The highest BCUT2D eigenvalue weighted by molar-refractivity contribution is 6.06. The van der Waals surface area contributed by atoms with Crippen LogP contribution in [0.5, 0.6) is 5.75 Å². The highest BCUT2D eigenvalue weighted by Crippen LogP contribution is 2.29.